The second-order valence-electron chi connectivity index (χ2n) is 8.22. The van der Waals surface area contributed by atoms with Gasteiger partial charge in [-0.2, -0.15) is 0 Å². The Hall–Kier alpha value is -3.39. The number of ketones is 1. The van der Waals surface area contributed by atoms with E-state index in [9.17, 15) is 18.8 Å². The molecule has 2 heterocycles. The molecule has 2 aromatic carbocycles. The molecular formula is C26H25FN2O4S. The number of aryl methyl sites for hydroxylation is 1. The van der Waals surface area contributed by atoms with Crippen molar-refractivity contribution in [3.63, 3.8) is 0 Å². The lowest BCUT2D eigenvalue weighted by Gasteiger charge is -2.35. The Morgan fingerprint density at radius 1 is 1.09 bits per heavy atom. The maximum atomic E-state index is 13.5. The van der Waals surface area contributed by atoms with Crippen molar-refractivity contribution in [3.05, 3.63) is 76.7 Å². The second-order valence-corrected chi connectivity index (χ2v) is 9.42. The molecule has 1 fully saturated rings. The third-order valence-electron chi connectivity index (χ3n) is 5.79. The van der Waals surface area contributed by atoms with Crippen LogP contribution in [0.15, 0.2) is 54.6 Å². The zero-order valence-electron chi connectivity index (χ0n) is 18.8. The Bertz CT molecular complexity index is 1180. The van der Waals surface area contributed by atoms with Crippen LogP contribution in [0.4, 0.5) is 4.39 Å². The molecule has 6 nitrogen and oxygen atoms in total. The monoisotopic (exact) mass is 480 g/mol. The molecule has 176 valence electrons. The van der Waals surface area contributed by atoms with Crippen LogP contribution in [0, 0.1) is 12.7 Å². The van der Waals surface area contributed by atoms with Gasteiger partial charge in [-0.25, -0.2) is 9.37 Å². The van der Waals surface area contributed by atoms with Crippen LogP contribution in [0.1, 0.15) is 51.5 Å². The van der Waals surface area contributed by atoms with Crippen molar-refractivity contribution < 1.29 is 23.5 Å². The first-order chi connectivity index (χ1) is 16.4. The molecule has 0 N–H and O–H groups in total. The summed E-state index contributed by atoms with van der Waals surface area (Å²) in [7, 11) is 0. The predicted molar refractivity (Wildman–Crippen MR) is 127 cm³/mol. The van der Waals surface area contributed by atoms with Gasteiger partial charge in [-0.15, -0.1) is 11.3 Å². The van der Waals surface area contributed by atoms with Gasteiger partial charge in [0.15, 0.2) is 12.4 Å². The Morgan fingerprint density at radius 2 is 1.82 bits per heavy atom. The number of benzene rings is 2. The van der Waals surface area contributed by atoms with Crippen LogP contribution in [0.2, 0.25) is 0 Å². The molecule has 1 aliphatic heterocycles. The molecule has 4 rings (SSSR count). The lowest BCUT2D eigenvalue weighted by atomic mass is 9.98. The van der Waals surface area contributed by atoms with E-state index in [1.165, 1.54) is 23.5 Å². The van der Waals surface area contributed by atoms with Gasteiger partial charge < -0.3 is 9.64 Å². The molecule has 1 aromatic heterocycles. The summed E-state index contributed by atoms with van der Waals surface area (Å²) < 4.78 is 18.6. The van der Waals surface area contributed by atoms with E-state index in [1.807, 2.05) is 13.0 Å². The number of halogens is 1. The molecule has 34 heavy (non-hydrogen) atoms. The summed E-state index contributed by atoms with van der Waals surface area (Å²) in [5.74, 6) is -1.38. The van der Waals surface area contributed by atoms with Gasteiger partial charge >= 0.3 is 5.97 Å². The standard InChI is InChI=1S/C26H25FN2O4S/c1-17-28-24(25(34-17)19-10-12-20(27)13-11-19)26(32)29-14-6-5-9-21(29)15-23(31)33-16-22(30)18-7-3-2-4-8-18/h2-4,7-8,10-13,21H,5-6,9,14-16H2,1H3. The molecule has 0 spiro atoms. The zero-order valence-corrected chi connectivity index (χ0v) is 19.6. The predicted octanol–water partition coefficient (Wildman–Crippen LogP) is 5.07. The van der Waals surface area contributed by atoms with Crippen LogP contribution < -0.4 is 0 Å². The fourth-order valence-electron chi connectivity index (χ4n) is 4.09. The molecule has 1 saturated heterocycles. The summed E-state index contributed by atoms with van der Waals surface area (Å²) in [6, 6.07) is 14.3. The smallest absolute Gasteiger partial charge is 0.308 e. The quantitative estimate of drug-likeness (QED) is 0.349. The van der Waals surface area contributed by atoms with Crippen molar-refractivity contribution >= 4 is 29.0 Å². The number of piperidine rings is 1. The third kappa shape index (κ3) is 5.56. The molecule has 0 bridgehead atoms. The van der Waals surface area contributed by atoms with Crippen LogP contribution in [-0.2, 0) is 9.53 Å². The summed E-state index contributed by atoms with van der Waals surface area (Å²) in [5.41, 5.74) is 1.52. The minimum absolute atomic E-state index is 0.0167. The number of carbonyl (C=O) groups is 3. The largest absolute Gasteiger partial charge is 0.457 e. The number of hydrogen-bond donors (Lipinski definition) is 0. The van der Waals surface area contributed by atoms with Gasteiger partial charge in [-0.05, 0) is 43.9 Å². The number of nitrogens with zero attached hydrogens (tertiary/aromatic N) is 2. The van der Waals surface area contributed by atoms with Crippen molar-refractivity contribution in [2.24, 2.45) is 0 Å². The van der Waals surface area contributed by atoms with E-state index in [0.29, 0.717) is 29.1 Å². The first-order valence-electron chi connectivity index (χ1n) is 11.2. The minimum Gasteiger partial charge on any atom is -0.457 e. The topological polar surface area (TPSA) is 76.6 Å². The molecule has 8 heteroatoms. The van der Waals surface area contributed by atoms with Gasteiger partial charge in [0.1, 0.15) is 11.5 Å². The fourth-order valence-corrected chi connectivity index (χ4v) is 5.01. The van der Waals surface area contributed by atoms with Gasteiger partial charge in [-0.1, -0.05) is 42.5 Å². The van der Waals surface area contributed by atoms with Crippen molar-refractivity contribution in [1.82, 2.24) is 9.88 Å². The number of hydrogen-bond acceptors (Lipinski definition) is 6. The highest BCUT2D eigenvalue weighted by atomic mass is 32.1. The number of rotatable bonds is 7. The van der Waals surface area contributed by atoms with Gasteiger partial charge in [0.2, 0.25) is 0 Å². The lowest BCUT2D eigenvalue weighted by molar-refractivity contribution is -0.143. The van der Waals surface area contributed by atoms with Gasteiger partial charge in [0.25, 0.3) is 5.91 Å². The van der Waals surface area contributed by atoms with Crippen LogP contribution >= 0.6 is 11.3 Å². The molecule has 0 radical (unpaired) electrons. The summed E-state index contributed by atoms with van der Waals surface area (Å²) in [4.78, 5) is 45.1. The summed E-state index contributed by atoms with van der Waals surface area (Å²) in [5, 5.41) is 0.732. The van der Waals surface area contributed by atoms with E-state index in [4.69, 9.17) is 4.74 Å². The van der Waals surface area contributed by atoms with E-state index in [-0.39, 0.29) is 36.6 Å². The van der Waals surface area contributed by atoms with E-state index < -0.39 is 5.97 Å². The van der Waals surface area contributed by atoms with Crippen molar-refractivity contribution in [3.8, 4) is 10.4 Å². The van der Waals surface area contributed by atoms with Gasteiger partial charge in [0, 0.05) is 18.2 Å². The summed E-state index contributed by atoms with van der Waals surface area (Å²) >= 11 is 1.38. The fraction of sp³-hybridized carbons (Fsp3) is 0.308. The minimum atomic E-state index is -0.512. The SMILES string of the molecule is Cc1nc(C(=O)N2CCCCC2CC(=O)OCC(=O)c2ccccc2)c(-c2ccc(F)cc2)s1. The average molecular weight is 481 g/mol. The Labute approximate surface area is 201 Å². The molecule has 0 aliphatic carbocycles. The van der Waals surface area contributed by atoms with Crippen LogP contribution in [0.25, 0.3) is 10.4 Å². The number of amides is 1. The Balaban J connectivity index is 1.45. The summed E-state index contributed by atoms with van der Waals surface area (Å²) in [6.07, 6.45) is 2.41. The van der Waals surface area contributed by atoms with Crippen molar-refractivity contribution in [2.75, 3.05) is 13.2 Å². The normalized spacial score (nSPS) is 15.7. The Kier molecular flexibility index (Phi) is 7.47. The average Bonchev–Trinajstić information content (AvgIpc) is 3.25. The van der Waals surface area contributed by atoms with Crippen molar-refractivity contribution in [1.29, 1.82) is 0 Å². The number of thiazole rings is 1. The molecule has 1 atom stereocenters. The van der Waals surface area contributed by atoms with Gasteiger partial charge in [0.05, 0.1) is 16.3 Å². The van der Waals surface area contributed by atoms with Crippen LogP contribution in [-0.4, -0.2) is 46.7 Å². The van der Waals surface area contributed by atoms with E-state index in [2.05, 4.69) is 4.98 Å². The van der Waals surface area contributed by atoms with Crippen molar-refractivity contribution in [2.45, 2.75) is 38.6 Å². The maximum absolute atomic E-state index is 13.5. The highest BCUT2D eigenvalue weighted by Crippen LogP contribution is 2.33. The highest BCUT2D eigenvalue weighted by molar-refractivity contribution is 7.15. The molecule has 1 unspecified atom stereocenters. The molecular weight excluding hydrogens is 455 g/mol. The highest BCUT2D eigenvalue weighted by Gasteiger charge is 2.32. The molecule has 1 aliphatic rings. The Morgan fingerprint density at radius 3 is 2.56 bits per heavy atom. The second kappa shape index (κ2) is 10.7. The van der Waals surface area contributed by atoms with E-state index in [1.54, 1.807) is 41.3 Å². The molecule has 3 aromatic rings. The third-order valence-corrected chi connectivity index (χ3v) is 6.81. The lowest BCUT2D eigenvalue weighted by Crippen LogP contribution is -2.45. The first kappa shape index (κ1) is 23.8. The number of carbonyl (C=O) groups excluding carboxylic acids is 3. The molecule has 1 amide bonds. The van der Waals surface area contributed by atoms with Crippen LogP contribution in [0.5, 0.6) is 0 Å². The number of likely N-dealkylation sites (tertiary alicyclic amines) is 1. The maximum Gasteiger partial charge on any atom is 0.308 e. The summed E-state index contributed by atoms with van der Waals surface area (Å²) in [6.45, 7) is 2.01. The zero-order chi connectivity index (χ0) is 24.1. The number of Topliss-reactive ketones (excluding diaryl/α,β-unsaturated/α-hetero) is 1. The molecule has 0 saturated carbocycles. The van der Waals surface area contributed by atoms with E-state index in [0.717, 1.165) is 23.4 Å². The van der Waals surface area contributed by atoms with Crippen LogP contribution in [0.3, 0.4) is 0 Å². The first-order valence-corrected chi connectivity index (χ1v) is 12.0. The number of esters is 1. The van der Waals surface area contributed by atoms with Gasteiger partial charge in [-0.3, -0.25) is 14.4 Å². The van der Waals surface area contributed by atoms with E-state index >= 15 is 0 Å². The number of ether oxygens (including phenoxy) is 1. The number of aromatic nitrogens is 1.